The van der Waals surface area contributed by atoms with Gasteiger partial charge in [-0.15, -0.1) is 0 Å². The molecule has 42 heavy (non-hydrogen) atoms. The van der Waals surface area contributed by atoms with E-state index in [0.29, 0.717) is 0 Å². The van der Waals surface area contributed by atoms with E-state index in [2.05, 4.69) is 84.9 Å². The van der Waals surface area contributed by atoms with Crippen LogP contribution in [0.3, 0.4) is 0 Å². The van der Waals surface area contributed by atoms with Gasteiger partial charge < -0.3 is 4.57 Å². The van der Waals surface area contributed by atoms with Gasteiger partial charge in [-0.25, -0.2) is 4.98 Å². The Morgan fingerprint density at radius 3 is 1.74 bits per heavy atom. The Bertz CT molecular complexity index is 2280. The minimum atomic E-state index is -3.15. The summed E-state index contributed by atoms with van der Waals surface area (Å²) in [6, 6.07) is 53.7. The zero-order valence-corrected chi connectivity index (χ0v) is 23.7. The summed E-state index contributed by atoms with van der Waals surface area (Å²) in [4.78, 5) is 5.25. The third-order valence-corrected chi connectivity index (χ3v) is 11.4. The van der Waals surface area contributed by atoms with E-state index in [1.807, 2.05) is 72.8 Å². The van der Waals surface area contributed by atoms with Crippen molar-refractivity contribution in [2.24, 2.45) is 0 Å². The molecular formula is C39H26NOP. The van der Waals surface area contributed by atoms with E-state index in [1.165, 1.54) is 5.39 Å². The van der Waals surface area contributed by atoms with Crippen LogP contribution in [-0.2, 0) is 4.57 Å². The molecular weight excluding hydrogens is 529 g/mol. The van der Waals surface area contributed by atoms with Crippen LogP contribution in [0.25, 0.3) is 54.5 Å². The lowest BCUT2D eigenvalue weighted by Gasteiger charge is -2.21. The van der Waals surface area contributed by atoms with Crippen LogP contribution in [0.4, 0.5) is 0 Å². The smallest absolute Gasteiger partial charge is 0.171 e. The molecule has 1 heterocycles. The molecule has 0 fully saturated rings. The normalized spacial score (nSPS) is 11.9. The lowest BCUT2D eigenvalue weighted by Crippen LogP contribution is -2.25. The van der Waals surface area contributed by atoms with Crippen LogP contribution in [0.1, 0.15) is 0 Å². The van der Waals surface area contributed by atoms with Gasteiger partial charge in [0, 0.05) is 37.6 Å². The molecule has 8 rings (SSSR count). The molecule has 0 aliphatic heterocycles. The van der Waals surface area contributed by atoms with Crippen molar-refractivity contribution in [2.45, 2.75) is 0 Å². The Labute approximate surface area is 244 Å². The maximum Gasteiger partial charge on any atom is 0.171 e. The van der Waals surface area contributed by atoms with Crippen molar-refractivity contribution in [1.29, 1.82) is 0 Å². The van der Waals surface area contributed by atoms with Gasteiger partial charge in [-0.05, 0) is 33.9 Å². The quantitative estimate of drug-likeness (QED) is 0.123. The van der Waals surface area contributed by atoms with E-state index < -0.39 is 7.14 Å². The molecule has 0 aliphatic carbocycles. The number of hydrogen-bond acceptors (Lipinski definition) is 2. The minimum Gasteiger partial charge on any atom is -0.309 e. The van der Waals surface area contributed by atoms with Gasteiger partial charge >= 0.3 is 0 Å². The van der Waals surface area contributed by atoms with E-state index in [-0.39, 0.29) is 0 Å². The summed E-state index contributed by atoms with van der Waals surface area (Å²) in [5, 5.41) is 9.29. The number of rotatable bonds is 4. The van der Waals surface area contributed by atoms with E-state index in [4.69, 9.17) is 4.98 Å². The summed E-state index contributed by atoms with van der Waals surface area (Å²) in [5.74, 6) is 0. The largest absolute Gasteiger partial charge is 0.309 e. The highest BCUT2D eigenvalue weighted by Crippen LogP contribution is 2.45. The summed E-state index contributed by atoms with van der Waals surface area (Å²) in [6.45, 7) is 0. The molecule has 0 N–H and O–H groups in total. The van der Waals surface area contributed by atoms with E-state index in [1.54, 1.807) is 0 Å². The van der Waals surface area contributed by atoms with Crippen LogP contribution in [0.15, 0.2) is 158 Å². The molecule has 7 aromatic carbocycles. The topological polar surface area (TPSA) is 30.0 Å². The van der Waals surface area contributed by atoms with Crippen molar-refractivity contribution < 1.29 is 4.57 Å². The number of hydrogen-bond donors (Lipinski definition) is 0. The molecule has 2 nitrogen and oxygen atoms in total. The van der Waals surface area contributed by atoms with Crippen LogP contribution >= 0.6 is 7.14 Å². The lowest BCUT2D eigenvalue weighted by molar-refractivity contribution is 0.592. The molecule has 0 bridgehead atoms. The number of pyridine rings is 1. The third kappa shape index (κ3) is 3.80. The summed E-state index contributed by atoms with van der Waals surface area (Å²) < 4.78 is 15.3. The summed E-state index contributed by atoms with van der Waals surface area (Å²) in [7, 11) is -3.15. The number of aromatic nitrogens is 1. The lowest BCUT2D eigenvalue weighted by atomic mass is 9.91. The maximum atomic E-state index is 15.3. The average Bonchev–Trinajstić information content (AvgIpc) is 3.07. The standard InChI is InChI=1S/C39H26NOP/c41-42(30-15-3-1-4-16-30,31-17-5-2-6-18-31)32-19-11-14-29(26-32)37-35-24-22-28-13-8-10-21-34(28)39(35)40-36-25-23-27-12-7-9-20-33(27)38(36)37/h1-26H. The maximum absolute atomic E-state index is 15.3. The summed E-state index contributed by atoms with van der Waals surface area (Å²) in [5.41, 5.74) is 4.08. The second kappa shape index (κ2) is 9.80. The highest BCUT2D eigenvalue weighted by molar-refractivity contribution is 7.85. The van der Waals surface area contributed by atoms with E-state index >= 15 is 4.57 Å². The van der Waals surface area contributed by atoms with E-state index in [0.717, 1.165) is 65.0 Å². The Morgan fingerprint density at radius 2 is 1.02 bits per heavy atom. The SMILES string of the molecule is O=P(c1ccccc1)(c1ccccc1)c1cccc(-c2c3ccc4ccccc4c3nc3ccc4ccccc4c23)c1. The van der Waals surface area contributed by atoms with E-state index in [9.17, 15) is 0 Å². The van der Waals surface area contributed by atoms with Crippen molar-refractivity contribution in [3.05, 3.63) is 158 Å². The van der Waals surface area contributed by atoms with Crippen molar-refractivity contribution in [3.63, 3.8) is 0 Å². The molecule has 3 heteroatoms. The predicted octanol–water partition coefficient (Wildman–Crippen LogP) is 9.00. The molecule has 0 atom stereocenters. The minimum absolute atomic E-state index is 0.816. The Kier molecular flexibility index (Phi) is 5.77. The zero-order chi connectivity index (χ0) is 28.1. The van der Waals surface area contributed by atoms with Gasteiger partial charge in [0.25, 0.3) is 0 Å². The Hall–Kier alpha value is -5.04. The van der Waals surface area contributed by atoms with Crippen molar-refractivity contribution in [2.75, 3.05) is 0 Å². The Morgan fingerprint density at radius 1 is 0.452 bits per heavy atom. The van der Waals surface area contributed by atoms with Gasteiger partial charge in [0.1, 0.15) is 0 Å². The molecule has 0 saturated heterocycles. The predicted molar refractivity (Wildman–Crippen MR) is 179 cm³/mol. The fourth-order valence-corrected chi connectivity index (χ4v) is 9.02. The second-order valence-corrected chi connectivity index (χ2v) is 13.4. The first kappa shape index (κ1) is 24.7. The second-order valence-electron chi connectivity index (χ2n) is 10.7. The van der Waals surface area contributed by atoms with Gasteiger partial charge in [0.05, 0.1) is 11.0 Å². The molecule has 0 aliphatic rings. The van der Waals surface area contributed by atoms with Gasteiger partial charge in [-0.1, -0.05) is 146 Å². The monoisotopic (exact) mass is 555 g/mol. The third-order valence-electron chi connectivity index (χ3n) is 8.30. The highest BCUT2D eigenvalue weighted by atomic mass is 31.2. The average molecular weight is 556 g/mol. The van der Waals surface area contributed by atoms with Crippen LogP contribution in [0.2, 0.25) is 0 Å². The molecule has 0 amide bonds. The van der Waals surface area contributed by atoms with Crippen LogP contribution in [-0.4, -0.2) is 4.98 Å². The number of fused-ring (bicyclic) bond motifs is 6. The highest BCUT2D eigenvalue weighted by Gasteiger charge is 2.30. The fourth-order valence-electron chi connectivity index (χ4n) is 6.33. The first-order chi connectivity index (χ1) is 20.7. The van der Waals surface area contributed by atoms with Gasteiger partial charge in [-0.3, -0.25) is 0 Å². The molecule has 8 aromatic rings. The molecule has 0 unspecified atom stereocenters. The zero-order valence-electron chi connectivity index (χ0n) is 22.8. The number of benzene rings is 7. The molecule has 0 saturated carbocycles. The van der Waals surface area contributed by atoms with Crippen molar-refractivity contribution in [1.82, 2.24) is 4.98 Å². The van der Waals surface area contributed by atoms with Gasteiger partial charge in [0.2, 0.25) is 0 Å². The molecule has 198 valence electrons. The van der Waals surface area contributed by atoms with Crippen LogP contribution in [0.5, 0.6) is 0 Å². The first-order valence-electron chi connectivity index (χ1n) is 14.2. The van der Waals surface area contributed by atoms with Crippen LogP contribution < -0.4 is 15.9 Å². The molecule has 0 radical (unpaired) electrons. The molecule has 0 spiro atoms. The van der Waals surface area contributed by atoms with Crippen molar-refractivity contribution in [3.8, 4) is 11.1 Å². The van der Waals surface area contributed by atoms with Crippen LogP contribution in [0, 0.1) is 0 Å². The number of nitrogens with zero attached hydrogens (tertiary/aromatic N) is 1. The van der Waals surface area contributed by atoms with Crippen molar-refractivity contribution >= 4 is 66.4 Å². The first-order valence-corrected chi connectivity index (χ1v) is 15.9. The summed E-state index contributed by atoms with van der Waals surface area (Å²) >= 11 is 0. The summed E-state index contributed by atoms with van der Waals surface area (Å²) in [6.07, 6.45) is 0. The Balaban J connectivity index is 1.50. The van der Waals surface area contributed by atoms with Gasteiger partial charge in [-0.2, -0.15) is 0 Å². The fraction of sp³-hybridized carbons (Fsp3) is 0. The molecule has 1 aromatic heterocycles. The van der Waals surface area contributed by atoms with Gasteiger partial charge in [0.15, 0.2) is 7.14 Å².